The van der Waals surface area contributed by atoms with Gasteiger partial charge < -0.3 is 0 Å². The minimum atomic E-state index is -0.196. The molecule has 80 valence electrons. The predicted octanol–water partition coefficient (Wildman–Crippen LogP) is 3.03. The number of nitrogens with one attached hydrogen (secondary N) is 1. The van der Waals surface area contributed by atoms with Crippen LogP contribution in [0.2, 0.25) is 15.2 Å². The average Bonchev–Trinajstić information content (AvgIpc) is 2.13. The van der Waals surface area contributed by atoms with E-state index in [2.05, 4.69) is 15.5 Å². The summed E-state index contributed by atoms with van der Waals surface area (Å²) in [5.41, 5.74) is 2.47. The number of Topliss-reactive ketones (excluding diaryl/α,β-unsaturated/α-hetero) is 1. The second-order valence-electron chi connectivity index (χ2n) is 2.57. The number of hydrogen-bond acceptors (Lipinski definition) is 4. The third-order valence-electron chi connectivity index (χ3n) is 1.30. The third kappa shape index (κ3) is 3.66. The zero-order chi connectivity index (χ0) is 11.4. The fourth-order valence-electron chi connectivity index (χ4n) is 0.707. The van der Waals surface area contributed by atoms with Gasteiger partial charge in [-0.2, -0.15) is 5.10 Å². The molecule has 0 saturated carbocycles. The van der Waals surface area contributed by atoms with Crippen LogP contribution in [0.15, 0.2) is 11.2 Å². The van der Waals surface area contributed by atoms with Gasteiger partial charge in [-0.1, -0.05) is 34.8 Å². The Balaban J connectivity index is 2.86. The van der Waals surface area contributed by atoms with E-state index in [0.717, 1.165) is 6.21 Å². The van der Waals surface area contributed by atoms with E-state index >= 15 is 0 Å². The van der Waals surface area contributed by atoms with E-state index in [1.807, 2.05) is 0 Å². The number of hydrogen-bond donors (Lipinski definition) is 1. The largest absolute Gasteiger partial charge is 0.293 e. The van der Waals surface area contributed by atoms with Crippen LogP contribution in [0, 0.1) is 0 Å². The molecule has 0 aliphatic heterocycles. The van der Waals surface area contributed by atoms with Crippen molar-refractivity contribution in [3.63, 3.8) is 0 Å². The van der Waals surface area contributed by atoms with Gasteiger partial charge in [0, 0.05) is 6.92 Å². The lowest BCUT2D eigenvalue weighted by Crippen LogP contribution is -1.98. The fourth-order valence-corrected chi connectivity index (χ4v) is 1.25. The van der Waals surface area contributed by atoms with Gasteiger partial charge in [0.15, 0.2) is 11.6 Å². The predicted molar refractivity (Wildman–Crippen MR) is 62.1 cm³/mol. The summed E-state index contributed by atoms with van der Waals surface area (Å²) < 4.78 is 0. The molecular formula is C8H6Cl3N3O. The average molecular weight is 267 g/mol. The molecule has 0 saturated heterocycles. The third-order valence-corrected chi connectivity index (χ3v) is 2.26. The van der Waals surface area contributed by atoms with Crippen LogP contribution in [0.25, 0.3) is 0 Å². The van der Waals surface area contributed by atoms with Crippen LogP contribution in [-0.4, -0.2) is 17.0 Å². The Bertz CT molecular complexity index is 420. The topological polar surface area (TPSA) is 54.4 Å². The lowest BCUT2D eigenvalue weighted by molar-refractivity contribution is -0.110. The molecule has 0 aliphatic rings. The Morgan fingerprint density at radius 1 is 1.47 bits per heavy atom. The van der Waals surface area contributed by atoms with Crippen molar-refractivity contribution in [1.82, 2.24) is 4.98 Å². The van der Waals surface area contributed by atoms with Crippen LogP contribution in [-0.2, 0) is 4.79 Å². The molecule has 1 rings (SSSR count). The van der Waals surface area contributed by atoms with Crippen LogP contribution in [0.4, 0.5) is 5.82 Å². The number of carbonyl (C=O) groups excluding carboxylic acids is 1. The van der Waals surface area contributed by atoms with Crippen molar-refractivity contribution in [2.24, 2.45) is 5.10 Å². The molecule has 0 fully saturated rings. The molecule has 0 amide bonds. The summed E-state index contributed by atoms with van der Waals surface area (Å²) in [6.45, 7) is 1.37. The van der Waals surface area contributed by atoms with Crippen LogP contribution < -0.4 is 5.43 Å². The lowest BCUT2D eigenvalue weighted by atomic mass is 10.4. The summed E-state index contributed by atoms with van der Waals surface area (Å²) in [7, 11) is 0. The van der Waals surface area contributed by atoms with Gasteiger partial charge in [0.05, 0.1) is 16.3 Å². The summed E-state index contributed by atoms with van der Waals surface area (Å²) in [4.78, 5) is 14.4. The molecule has 0 radical (unpaired) electrons. The summed E-state index contributed by atoms with van der Waals surface area (Å²) in [6.07, 6.45) is 1.10. The summed E-state index contributed by atoms with van der Waals surface area (Å²) in [6, 6.07) is 1.43. The Kier molecular flexibility index (Phi) is 4.32. The molecule has 0 bridgehead atoms. The van der Waals surface area contributed by atoms with Gasteiger partial charge in [0.25, 0.3) is 0 Å². The maximum Gasteiger partial charge on any atom is 0.172 e. The number of pyridine rings is 1. The number of halogens is 3. The quantitative estimate of drug-likeness (QED) is 0.520. The zero-order valence-electron chi connectivity index (χ0n) is 7.59. The van der Waals surface area contributed by atoms with E-state index in [4.69, 9.17) is 34.8 Å². The highest BCUT2D eigenvalue weighted by Crippen LogP contribution is 2.28. The number of hydrazone groups is 1. The molecule has 0 spiro atoms. The smallest absolute Gasteiger partial charge is 0.172 e. The van der Waals surface area contributed by atoms with Gasteiger partial charge >= 0.3 is 0 Å². The van der Waals surface area contributed by atoms with Gasteiger partial charge in [0.1, 0.15) is 5.15 Å². The minimum Gasteiger partial charge on any atom is -0.293 e. The maximum absolute atomic E-state index is 10.6. The van der Waals surface area contributed by atoms with Gasteiger partial charge in [-0.15, -0.1) is 0 Å². The Morgan fingerprint density at radius 2 is 2.13 bits per heavy atom. The number of carbonyl (C=O) groups is 1. The molecule has 1 heterocycles. The summed E-state index contributed by atoms with van der Waals surface area (Å²) in [5, 5.41) is 4.23. The fraction of sp³-hybridized carbons (Fsp3) is 0.125. The Labute approximate surface area is 101 Å². The first-order valence-electron chi connectivity index (χ1n) is 3.82. The van der Waals surface area contributed by atoms with E-state index in [9.17, 15) is 4.79 Å². The van der Waals surface area contributed by atoms with Gasteiger partial charge in [0.2, 0.25) is 0 Å². The number of aromatic nitrogens is 1. The van der Waals surface area contributed by atoms with Crippen LogP contribution in [0.5, 0.6) is 0 Å². The number of anilines is 1. The first-order chi connectivity index (χ1) is 7.00. The Morgan fingerprint density at radius 3 is 2.73 bits per heavy atom. The van der Waals surface area contributed by atoms with Crippen molar-refractivity contribution in [2.45, 2.75) is 6.92 Å². The molecule has 7 heteroatoms. The number of ketones is 1. The van der Waals surface area contributed by atoms with Crippen molar-refractivity contribution >= 4 is 52.6 Å². The first-order valence-corrected chi connectivity index (χ1v) is 4.95. The molecule has 0 atom stereocenters. The van der Waals surface area contributed by atoms with E-state index in [1.165, 1.54) is 13.0 Å². The van der Waals surface area contributed by atoms with Gasteiger partial charge in [-0.05, 0) is 6.07 Å². The molecule has 1 aromatic heterocycles. The highest BCUT2D eigenvalue weighted by Gasteiger charge is 2.06. The SMILES string of the molecule is CC(=O)/C=N/Nc1nc(Cl)c(Cl)cc1Cl. The molecule has 0 unspecified atom stereocenters. The van der Waals surface area contributed by atoms with E-state index in [0.29, 0.717) is 0 Å². The van der Waals surface area contributed by atoms with Crippen LogP contribution in [0.1, 0.15) is 6.92 Å². The van der Waals surface area contributed by atoms with Crippen molar-refractivity contribution in [1.29, 1.82) is 0 Å². The first kappa shape index (κ1) is 12.2. The minimum absolute atomic E-state index is 0.113. The summed E-state index contributed by atoms with van der Waals surface area (Å²) >= 11 is 17.1. The van der Waals surface area contributed by atoms with E-state index in [1.54, 1.807) is 0 Å². The molecule has 1 aromatic rings. The summed E-state index contributed by atoms with van der Waals surface area (Å²) in [5.74, 6) is 0.0437. The Hall–Kier alpha value is -0.840. The van der Waals surface area contributed by atoms with Gasteiger partial charge in [-0.3, -0.25) is 10.2 Å². The molecule has 15 heavy (non-hydrogen) atoms. The van der Waals surface area contributed by atoms with Crippen molar-refractivity contribution < 1.29 is 4.79 Å². The standard InChI is InChI=1S/C8H6Cl3N3O/c1-4(15)3-12-14-8-6(10)2-5(9)7(11)13-8/h2-3H,1H3,(H,13,14)/b12-3+. The lowest BCUT2D eigenvalue weighted by Gasteiger charge is -2.03. The highest BCUT2D eigenvalue weighted by molar-refractivity contribution is 6.42. The van der Waals surface area contributed by atoms with Gasteiger partial charge in [-0.25, -0.2) is 4.98 Å². The molecule has 0 aliphatic carbocycles. The molecule has 4 nitrogen and oxygen atoms in total. The van der Waals surface area contributed by atoms with E-state index < -0.39 is 0 Å². The van der Waals surface area contributed by atoms with Crippen molar-refractivity contribution in [3.05, 3.63) is 21.3 Å². The second-order valence-corrected chi connectivity index (χ2v) is 3.74. The number of nitrogens with zero attached hydrogens (tertiary/aromatic N) is 2. The molecule has 1 N–H and O–H groups in total. The molecular weight excluding hydrogens is 260 g/mol. The normalized spacial score (nSPS) is 10.7. The van der Waals surface area contributed by atoms with Crippen LogP contribution >= 0.6 is 34.8 Å². The van der Waals surface area contributed by atoms with Crippen molar-refractivity contribution in [2.75, 3.05) is 5.43 Å². The zero-order valence-corrected chi connectivity index (χ0v) is 9.86. The monoisotopic (exact) mass is 265 g/mol. The van der Waals surface area contributed by atoms with Crippen LogP contribution in [0.3, 0.4) is 0 Å². The molecule has 0 aromatic carbocycles. The van der Waals surface area contributed by atoms with Crippen molar-refractivity contribution in [3.8, 4) is 0 Å². The highest BCUT2D eigenvalue weighted by atomic mass is 35.5. The number of rotatable bonds is 3. The maximum atomic E-state index is 10.6. The second kappa shape index (κ2) is 5.30. The van der Waals surface area contributed by atoms with E-state index in [-0.39, 0.29) is 26.8 Å².